The van der Waals surface area contributed by atoms with Gasteiger partial charge in [0, 0.05) is 17.0 Å². The first-order chi connectivity index (χ1) is 7.08. The predicted molar refractivity (Wildman–Crippen MR) is 62.9 cm³/mol. The fourth-order valence-corrected chi connectivity index (χ4v) is 2.45. The van der Waals surface area contributed by atoms with E-state index in [1.54, 1.807) is 5.38 Å². The largest absolute Gasteiger partial charge is 0.229 e. The van der Waals surface area contributed by atoms with Crippen LogP contribution < -0.4 is 0 Å². The molecule has 0 radical (unpaired) electrons. The van der Waals surface area contributed by atoms with Gasteiger partial charge in [-0.15, -0.1) is 11.3 Å². The molecule has 6 heteroatoms. The molecule has 78 valence electrons. The van der Waals surface area contributed by atoms with Gasteiger partial charge >= 0.3 is 0 Å². The average molecular weight is 355 g/mol. The summed E-state index contributed by atoms with van der Waals surface area (Å²) in [5, 5.41) is 1.70. The summed E-state index contributed by atoms with van der Waals surface area (Å²) in [6.07, 6.45) is 0. The lowest BCUT2D eigenvalue weighted by atomic mass is 10.1. The third-order valence-corrected chi connectivity index (χ3v) is 3.73. The van der Waals surface area contributed by atoms with Crippen LogP contribution in [-0.4, -0.2) is 4.98 Å². The van der Waals surface area contributed by atoms with E-state index in [1.165, 1.54) is 17.4 Å². The molecule has 0 N–H and O–H groups in total. The highest BCUT2D eigenvalue weighted by molar-refractivity contribution is 9.11. The molecular weight excluding hydrogens is 352 g/mol. The second-order valence-electron chi connectivity index (χ2n) is 2.73. The quantitative estimate of drug-likeness (QED) is 0.681. The summed E-state index contributed by atoms with van der Waals surface area (Å²) >= 11 is 7.54. The van der Waals surface area contributed by atoms with Crippen molar-refractivity contribution in [2.45, 2.75) is 0 Å². The molecule has 0 atom stereocenters. The molecule has 0 aliphatic carbocycles. The molecule has 0 aliphatic rings. The lowest BCUT2D eigenvalue weighted by Gasteiger charge is -2.01. The number of hydrogen-bond donors (Lipinski definition) is 0. The Morgan fingerprint density at radius 2 is 1.87 bits per heavy atom. The van der Waals surface area contributed by atoms with Gasteiger partial charge in [0.15, 0.2) is 3.92 Å². The summed E-state index contributed by atoms with van der Waals surface area (Å²) < 4.78 is 27.3. The smallest absolute Gasteiger partial charge is 0.159 e. The number of halogens is 4. The number of benzene rings is 1. The standard InChI is InChI=1S/C9H3Br2F2NS/c10-5-1-4(6(12)2-7(5)13)8-3-15-9(11)14-8/h1-3H. The average Bonchev–Trinajstić information content (AvgIpc) is 2.58. The summed E-state index contributed by atoms with van der Waals surface area (Å²) in [4.78, 5) is 4.06. The molecule has 0 saturated heterocycles. The van der Waals surface area contributed by atoms with Crippen molar-refractivity contribution >= 4 is 43.2 Å². The summed E-state index contributed by atoms with van der Waals surface area (Å²) in [5.74, 6) is -1.24. The molecule has 1 aromatic carbocycles. The van der Waals surface area contributed by atoms with Gasteiger partial charge in [-0.2, -0.15) is 0 Å². The van der Waals surface area contributed by atoms with Crippen LogP contribution in [0.15, 0.2) is 25.9 Å². The van der Waals surface area contributed by atoms with E-state index in [9.17, 15) is 8.78 Å². The number of rotatable bonds is 1. The number of hydrogen-bond acceptors (Lipinski definition) is 2. The third kappa shape index (κ3) is 2.26. The Bertz CT molecular complexity index is 513. The van der Waals surface area contributed by atoms with Gasteiger partial charge in [-0.3, -0.25) is 0 Å². The number of nitrogens with zero attached hydrogens (tertiary/aromatic N) is 1. The van der Waals surface area contributed by atoms with E-state index < -0.39 is 11.6 Å². The van der Waals surface area contributed by atoms with Crippen LogP contribution in [-0.2, 0) is 0 Å². The lowest BCUT2D eigenvalue weighted by Crippen LogP contribution is -1.88. The maximum Gasteiger partial charge on any atom is 0.159 e. The molecule has 15 heavy (non-hydrogen) atoms. The maximum atomic E-state index is 13.4. The first-order valence-electron chi connectivity index (χ1n) is 3.84. The van der Waals surface area contributed by atoms with Crippen LogP contribution in [0.4, 0.5) is 8.78 Å². The highest BCUT2D eigenvalue weighted by Gasteiger charge is 2.12. The predicted octanol–water partition coefficient (Wildman–Crippen LogP) is 4.61. The number of thiazole rings is 1. The van der Waals surface area contributed by atoms with Crippen LogP contribution in [0, 0.1) is 11.6 Å². The zero-order valence-corrected chi connectivity index (χ0v) is 11.1. The van der Waals surface area contributed by atoms with E-state index in [0.717, 1.165) is 6.07 Å². The van der Waals surface area contributed by atoms with E-state index in [4.69, 9.17) is 0 Å². The van der Waals surface area contributed by atoms with Crippen LogP contribution >= 0.6 is 43.2 Å². The fraction of sp³-hybridized carbons (Fsp3) is 0. The molecular formula is C9H3Br2F2NS. The Labute approximate surface area is 105 Å². The van der Waals surface area contributed by atoms with Gasteiger partial charge in [0.2, 0.25) is 0 Å². The van der Waals surface area contributed by atoms with Crippen LogP contribution in [0.2, 0.25) is 0 Å². The highest BCUT2D eigenvalue weighted by Crippen LogP contribution is 2.30. The molecule has 0 spiro atoms. The molecule has 1 aromatic heterocycles. The molecule has 0 fully saturated rings. The Morgan fingerprint density at radius 1 is 1.13 bits per heavy atom. The van der Waals surface area contributed by atoms with E-state index >= 15 is 0 Å². The van der Waals surface area contributed by atoms with Gasteiger partial charge in [0.05, 0.1) is 10.2 Å². The van der Waals surface area contributed by atoms with Gasteiger partial charge in [-0.05, 0) is 37.9 Å². The molecule has 0 amide bonds. The third-order valence-electron chi connectivity index (χ3n) is 1.76. The SMILES string of the molecule is Fc1cc(F)c(-c2csc(Br)n2)cc1Br. The monoisotopic (exact) mass is 353 g/mol. The van der Waals surface area contributed by atoms with Crippen molar-refractivity contribution in [2.75, 3.05) is 0 Å². The van der Waals surface area contributed by atoms with Crippen molar-refractivity contribution in [3.05, 3.63) is 37.5 Å². The van der Waals surface area contributed by atoms with Crippen molar-refractivity contribution in [3.63, 3.8) is 0 Å². The Hall–Kier alpha value is -0.330. The minimum Gasteiger partial charge on any atom is -0.229 e. The Balaban J connectivity index is 2.58. The van der Waals surface area contributed by atoms with Crippen molar-refractivity contribution in [2.24, 2.45) is 0 Å². The second kappa shape index (κ2) is 4.27. The van der Waals surface area contributed by atoms with Crippen LogP contribution in [0.3, 0.4) is 0 Å². The Kier molecular flexibility index (Phi) is 3.18. The zero-order chi connectivity index (χ0) is 11.0. The first kappa shape index (κ1) is 11.2. The molecule has 0 saturated carbocycles. The lowest BCUT2D eigenvalue weighted by molar-refractivity contribution is 0.581. The molecule has 2 aromatic rings. The van der Waals surface area contributed by atoms with Crippen molar-refractivity contribution < 1.29 is 8.78 Å². The van der Waals surface area contributed by atoms with Gasteiger partial charge < -0.3 is 0 Å². The minimum absolute atomic E-state index is 0.225. The molecule has 1 nitrogen and oxygen atoms in total. The Morgan fingerprint density at radius 3 is 2.47 bits per heavy atom. The number of aromatic nitrogens is 1. The van der Waals surface area contributed by atoms with Gasteiger partial charge in [0.25, 0.3) is 0 Å². The molecule has 2 rings (SSSR count). The van der Waals surface area contributed by atoms with Crippen LogP contribution in [0.5, 0.6) is 0 Å². The first-order valence-corrected chi connectivity index (χ1v) is 6.30. The van der Waals surface area contributed by atoms with Gasteiger partial charge in [-0.25, -0.2) is 13.8 Å². The van der Waals surface area contributed by atoms with Gasteiger partial charge in [-0.1, -0.05) is 0 Å². The van der Waals surface area contributed by atoms with Crippen LogP contribution in [0.1, 0.15) is 0 Å². The molecule has 0 bridgehead atoms. The van der Waals surface area contributed by atoms with E-state index in [0.29, 0.717) is 9.61 Å². The summed E-state index contributed by atoms with van der Waals surface area (Å²) in [5.41, 5.74) is 0.773. The van der Waals surface area contributed by atoms with Crippen LogP contribution in [0.25, 0.3) is 11.3 Å². The van der Waals surface area contributed by atoms with Crippen molar-refractivity contribution in [3.8, 4) is 11.3 Å². The summed E-state index contributed by atoms with van der Waals surface area (Å²) in [6.45, 7) is 0. The maximum absolute atomic E-state index is 13.4. The van der Waals surface area contributed by atoms with E-state index in [1.807, 2.05) is 0 Å². The summed E-state index contributed by atoms with van der Waals surface area (Å²) in [7, 11) is 0. The minimum atomic E-state index is -0.620. The summed E-state index contributed by atoms with van der Waals surface area (Å²) in [6, 6.07) is 2.22. The van der Waals surface area contributed by atoms with Crippen molar-refractivity contribution in [1.82, 2.24) is 4.98 Å². The fourth-order valence-electron chi connectivity index (χ4n) is 1.09. The zero-order valence-electron chi connectivity index (χ0n) is 7.10. The highest BCUT2D eigenvalue weighted by atomic mass is 79.9. The van der Waals surface area contributed by atoms with Gasteiger partial charge in [0.1, 0.15) is 11.6 Å². The molecule has 0 unspecified atom stereocenters. The second-order valence-corrected chi connectivity index (χ2v) is 5.72. The van der Waals surface area contributed by atoms with E-state index in [2.05, 4.69) is 36.8 Å². The molecule has 0 aliphatic heterocycles. The normalized spacial score (nSPS) is 10.7. The molecule has 1 heterocycles. The topological polar surface area (TPSA) is 12.9 Å². The van der Waals surface area contributed by atoms with E-state index in [-0.39, 0.29) is 10.0 Å². The van der Waals surface area contributed by atoms with Crippen molar-refractivity contribution in [1.29, 1.82) is 0 Å².